The standard InChI is InChI=1S/C26H25N5O2S/c1-2-33-21-15-13-19(14-16-21)22-23(25(32)27-17-18-9-5-3-6-10-18)34-26-29-28-24(31(26)30-22)20-11-7-4-8-12-20/h3-16,22-23,30H,2,17H2,1H3,(H,27,32)/t22-,23-/m1/s1. The van der Waals surface area contributed by atoms with Gasteiger partial charge in [0.15, 0.2) is 5.82 Å². The monoisotopic (exact) mass is 471 g/mol. The van der Waals surface area contributed by atoms with E-state index in [4.69, 9.17) is 4.74 Å². The Kier molecular flexibility index (Phi) is 6.49. The Morgan fingerprint density at radius 3 is 2.41 bits per heavy atom. The van der Waals surface area contributed by atoms with Crippen LogP contribution in [0.25, 0.3) is 11.4 Å². The third kappa shape index (κ3) is 4.63. The largest absolute Gasteiger partial charge is 0.494 e. The van der Waals surface area contributed by atoms with Crippen LogP contribution in [0.15, 0.2) is 90.1 Å². The highest BCUT2D eigenvalue weighted by molar-refractivity contribution is 8.00. The van der Waals surface area contributed by atoms with Gasteiger partial charge in [-0.05, 0) is 30.2 Å². The number of carbonyl (C=O) groups is 1. The first-order valence-corrected chi connectivity index (χ1v) is 12.1. The van der Waals surface area contributed by atoms with E-state index in [2.05, 4.69) is 20.9 Å². The normalized spacial score (nSPS) is 16.9. The Morgan fingerprint density at radius 1 is 1.00 bits per heavy atom. The molecule has 0 bridgehead atoms. The van der Waals surface area contributed by atoms with Crippen molar-refractivity contribution in [3.8, 4) is 17.1 Å². The number of ether oxygens (including phenoxy) is 1. The minimum absolute atomic E-state index is 0.0595. The van der Waals surface area contributed by atoms with Crippen molar-refractivity contribution in [3.63, 3.8) is 0 Å². The first kappa shape index (κ1) is 22.0. The lowest BCUT2D eigenvalue weighted by molar-refractivity contribution is -0.121. The van der Waals surface area contributed by atoms with Gasteiger partial charge in [-0.2, -0.15) is 0 Å². The highest BCUT2D eigenvalue weighted by Crippen LogP contribution is 2.39. The number of thioether (sulfide) groups is 1. The van der Waals surface area contributed by atoms with E-state index in [0.29, 0.717) is 24.1 Å². The number of carbonyl (C=O) groups excluding carboxylic acids is 1. The highest BCUT2D eigenvalue weighted by atomic mass is 32.2. The number of amides is 1. The summed E-state index contributed by atoms with van der Waals surface area (Å²) >= 11 is 1.42. The second-order valence-corrected chi connectivity index (χ2v) is 8.97. The molecule has 0 saturated heterocycles. The fraction of sp³-hybridized carbons (Fsp3) is 0.192. The van der Waals surface area contributed by atoms with Gasteiger partial charge < -0.3 is 15.5 Å². The number of nitrogens with one attached hydrogen (secondary N) is 2. The Bertz CT molecular complexity index is 1250. The second kappa shape index (κ2) is 10.0. The van der Waals surface area contributed by atoms with Crippen molar-refractivity contribution in [2.75, 3.05) is 12.0 Å². The Labute approximate surface area is 202 Å². The summed E-state index contributed by atoms with van der Waals surface area (Å²) in [7, 11) is 0. The number of hydrogen-bond donors (Lipinski definition) is 2. The van der Waals surface area contributed by atoms with Crippen LogP contribution >= 0.6 is 11.8 Å². The van der Waals surface area contributed by atoms with E-state index in [1.54, 1.807) is 0 Å². The van der Waals surface area contributed by atoms with Crippen LogP contribution < -0.4 is 15.5 Å². The Balaban J connectivity index is 1.45. The molecule has 34 heavy (non-hydrogen) atoms. The molecule has 0 saturated carbocycles. The van der Waals surface area contributed by atoms with Crippen LogP contribution in [0.1, 0.15) is 24.1 Å². The zero-order valence-electron chi connectivity index (χ0n) is 18.7. The van der Waals surface area contributed by atoms with Crippen LogP contribution in [0.5, 0.6) is 5.75 Å². The van der Waals surface area contributed by atoms with Crippen molar-refractivity contribution in [1.82, 2.24) is 20.2 Å². The van der Waals surface area contributed by atoms with Gasteiger partial charge in [0.2, 0.25) is 11.1 Å². The molecule has 2 heterocycles. The fourth-order valence-corrected chi connectivity index (χ4v) is 5.01. The molecule has 0 aliphatic carbocycles. The van der Waals surface area contributed by atoms with Crippen molar-refractivity contribution in [1.29, 1.82) is 0 Å². The Hall–Kier alpha value is -3.78. The van der Waals surface area contributed by atoms with Gasteiger partial charge in [0.25, 0.3) is 0 Å². The van der Waals surface area contributed by atoms with E-state index in [-0.39, 0.29) is 11.9 Å². The number of nitrogens with zero attached hydrogens (tertiary/aromatic N) is 3. The van der Waals surface area contributed by atoms with Crippen LogP contribution in [-0.2, 0) is 11.3 Å². The van der Waals surface area contributed by atoms with E-state index >= 15 is 0 Å². The molecule has 4 aromatic rings. The van der Waals surface area contributed by atoms with Crippen LogP contribution in [0.2, 0.25) is 0 Å². The first-order valence-electron chi connectivity index (χ1n) is 11.2. The van der Waals surface area contributed by atoms with Gasteiger partial charge in [-0.25, -0.2) is 4.68 Å². The summed E-state index contributed by atoms with van der Waals surface area (Å²) < 4.78 is 7.48. The topological polar surface area (TPSA) is 81.1 Å². The average Bonchev–Trinajstić information content (AvgIpc) is 3.31. The summed E-state index contributed by atoms with van der Waals surface area (Å²) in [5.74, 6) is 1.45. The summed E-state index contributed by atoms with van der Waals surface area (Å²) in [5, 5.41) is 12.1. The maximum atomic E-state index is 13.4. The summed E-state index contributed by atoms with van der Waals surface area (Å²) in [5.41, 5.74) is 6.49. The molecule has 0 radical (unpaired) electrons. The number of hydrogen-bond acceptors (Lipinski definition) is 6. The van der Waals surface area contributed by atoms with Crippen LogP contribution in [0.4, 0.5) is 0 Å². The molecule has 0 fully saturated rings. The number of rotatable bonds is 7. The summed E-state index contributed by atoms with van der Waals surface area (Å²) in [4.78, 5) is 13.4. The lowest BCUT2D eigenvalue weighted by atomic mass is 10.0. The predicted molar refractivity (Wildman–Crippen MR) is 133 cm³/mol. The molecule has 2 atom stereocenters. The van der Waals surface area contributed by atoms with Gasteiger partial charge in [0.05, 0.1) is 12.6 Å². The maximum absolute atomic E-state index is 13.4. The third-order valence-corrected chi connectivity index (χ3v) is 6.80. The van der Waals surface area contributed by atoms with Crippen molar-refractivity contribution in [2.24, 2.45) is 0 Å². The predicted octanol–water partition coefficient (Wildman–Crippen LogP) is 4.42. The molecule has 8 heteroatoms. The van der Waals surface area contributed by atoms with Gasteiger partial charge in [-0.3, -0.25) is 4.79 Å². The molecule has 1 amide bonds. The lowest BCUT2D eigenvalue weighted by Gasteiger charge is -2.33. The number of fused-ring (bicyclic) bond motifs is 1. The van der Waals surface area contributed by atoms with E-state index < -0.39 is 5.25 Å². The average molecular weight is 472 g/mol. The molecular weight excluding hydrogens is 446 g/mol. The molecule has 1 aromatic heterocycles. The first-order chi connectivity index (χ1) is 16.7. The smallest absolute Gasteiger partial charge is 0.236 e. The van der Waals surface area contributed by atoms with E-state index in [0.717, 1.165) is 22.4 Å². The van der Waals surface area contributed by atoms with Crippen molar-refractivity contribution in [2.45, 2.75) is 29.9 Å². The van der Waals surface area contributed by atoms with Crippen molar-refractivity contribution < 1.29 is 9.53 Å². The molecule has 2 N–H and O–H groups in total. The minimum Gasteiger partial charge on any atom is -0.494 e. The second-order valence-electron chi connectivity index (χ2n) is 7.86. The van der Waals surface area contributed by atoms with Gasteiger partial charge in [-0.15, -0.1) is 10.2 Å². The molecule has 5 rings (SSSR count). The minimum atomic E-state index is -0.429. The lowest BCUT2D eigenvalue weighted by Crippen LogP contribution is -2.43. The van der Waals surface area contributed by atoms with Gasteiger partial charge in [0.1, 0.15) is 11.0 Å². The summed E-state index contributed by atoms with van der Waals surface area (Å²) in [6.07, 6.45) is 0. The number of aromatic nitrogens is 3. The van der Waals surface area contributed by atoms with Gasteiger partial charge in [0, 0.05) is 12.1 Å². The van der Waals surface area contributed by atoms with E-state index in [1.807, 2.05) is 96.5 Å². The quantitative estimate of drug-likeness (QED) is 0.415. The van der Waals surface area contributed by atoms with Gasteiger partial charge >= 0.3 is 0 Å². The molecular formula is C26H25N5O2S. The highest BCUT2D eigenvalue weighted by Gasteiger charge is 2.38. The summed E-state index contributed by atoms with van der Waals surface area (Å²) in [6, 6.07) is 27.4. The maximum Gasteiger partial charge on any atom is 0.236 e. The molecule has 7 nitrogen and oxygen atoms in total. The molecule has 1 aliphatic heterocycles. The Morgan fingerprint density at radius 2 is 1.71 bits per heavy atom. The molecule has 0 unspecified atom stereocenters. The fourth-order valence-electron chi connectivity index (χ4n) is 3.90. The SMILES string of the molecule is CCOc1ccc([C@H]2Nn3c(nnc3-c3ccccc3)S[C@H]2C(=O)NCc2ccccc2)cc1. The van der Waals surface area contributed by atoms with E-state index in [1.165, 1.54) is 11.8 Å². The summed E-state index contributed by atoms with van der Waals surface area (Å²) in [6.45, 7) is 3.03. The molecule has 172 valence electrons. The number of benzene rings is 3. The van der Waals surface area contributed by atoms with E-state index in [9.17, 15) is 4.79 Å². The van der Waals surface area contributed by atoms with Crippen LogP contribution in [0, 0.1) is 0 Å². The third-order valence-electron chi connectivity index (χ3n) is 5.59. The molecule has 1 aliphatic rings. The molecule has 3 aromatic carbocycles. The van der Waals surface area contributed by atoms with Crippen LogP contribution in [-0.4, -0.2) is 32.6 Å². The van der Waals surface area contributed by atoms with Crippen molar-refractivity contribution in [3.05, 3.63) is 96.1 Å². The van der Waals surface area contributed by atoms with Crippen molar-refractivity contribution >= 4 is 17.7 Å². The van der Waals surface area contributed by atoms with Crippen LogP contribution in [0.3, 0.4) is 0 Å². The van der Waals surface area contributed by atoms with Gasteiger partial charge in [-0.1, -0.05) is 84.6 Å². The zero-order chi connectivity index (χ0) is 23.3. The zero-order valence-corrected chi connectivity index (χ0v) is 19.5. The molecule has 0 spiro atoms.